The van der Waals surface area contributed by atoms with E-state index < -0.39 is 5.92 Å². The van der Waals surface area contributed by atoms with Crippen LogP contribution in [0.2, 0.25) is 0 Å². The second kappa shape index (κ2) is 4.37. The summed E-state index contributed by atoms with van der Waals surface area (Å²) in [6, 6.07) is 9.17. The van der Waals surface area contributed by atoms with E-state index in [1.807, 2.05) is 30.3 Å². The van der Waals surface area contributed by atoms with Gasteiger partial charge in [0.2, 0.25) is 0 Å². The van der Waals surface area contributed by atoms with Crippen LogP contribution in [-0.2, 0) is 4.79 Å². The molecule has 1 N–H and O–H groups in total. The molecular weight excluding hydrogens is 218 g/mol. The summed E-state index contributed by atoms with van der Waals surface area (Å²) in [7, 11) is 0. The maximum Gasteiger partial charge on any atom is 0.262 e. The number of rotatable bonds is 2. The molecule has 88 valence electrons. The molecule has 1 aliphatic heterocycles. The SMILES string of the molecule is CC1=NN(c2ccccc2)C(=O)[C@H]1/C(C)=N\O. The second-order valence-electron chi connectivity index (χ2n) is 3.90. The van der Waals surface area contributed by atoms with Gasteiger partial charge in [-0.05, 0) is 26.0 Å². The molecule has 17 heavy (non-hydrogen) atoms. The number of hydrogen-bond donors (Lipinski definition) is 1. The van der Waals surface area contributed by atoms with Crippen molar-refractivity contribution >= 4 is 23.0 Å². The summed E-state index contributed by atoms with van der Waals surface area (Å²) < 4.78 is 0. The monoisotopic (exact) mass is 231 g/mol. The van der Waals surface area contributed by atoms with Crippen molar-refractivity contribution < 1.29 is 10.0 Å². The van der Waals surface area contributed by atoms with Crippen LogP contribution in [0.4, 0.5) is 5.69 Å². The summed E-state index contributed by atoms with van der Waals surface area (Å²) in [5.41, 5.74) is 1.70. The number of carbonyl (C=O) groups excluding carboxylic acids is 1. The first-order valence-corrected chi connectivity index (χ1v) is 5.28. The summed E-state index contributed by atoms with van der Waals surface area (Å²) in [4.78, 5) is 12.1. The highest BCUT2D eigenvalue weighted by atomic mass is 16.4. The van der Waals surface area contributed by atoms with Crippen LogP contribution in [0.1, 0.15) is 13.8 Å². The normalized spacial score (nSPS) is 20.7. The first-order chi connectivity index (χ1) is 8.15. The smallest absolute Gasteiger partial charge is 0.262 e. The van der Waals surface area contributed by atoms with Crippen LogP contribution in [0.25, 0.3) is 0 Å². The molecule has 1 aromatic carbocycles. The topological polar surface area (TPSA) is 65.3 Å². The summed E-state index contributed by atoms with van der Waals surface area (Å²) in [5, 5.41) is 17.4. The van der Waals surface area contributed by atoms with Gasteiger partial charge in [0.25, 0.3) is 5.91 Å². The zero-order chi connectivity index (χ0) is 12.4. The highest BCUT2D eigenvalue weighted by molar-refractivity contribution is 6.27. The largest absolute Gasteiger partial charge is 0.411 e. The number of carbonyl (C=O) groups is 1. The predicted molar refractivity (Wildman–Crippen MR) is 65.4 cm³/mol. The van der Waals surface area contributed by atoms with Crippen LogP contribution < -0.4 is 5.01 Å². The highest BCUT2D eigenvalue weighted by Gasteiger charge is 2.36. The minimum Gasteiger partial charge on any atom is -0.411 e. The van der Waals surface area contributed by atoms with Crippen molar-refractivity contribution in [3.05, 3.63) is 30.3 Å². The van der Waals surface area contributed by atoms with E-state index in [9.17, 15) is 4.79 Å². The first kappa shape index (κ1) is 11.3. The van der Waals surface area contributed by atoms with Crippen LogP contribution in [0, 0.1) is 5.92 Å². The van der Waals surface area contributed by atoms with Gasteiger partial charge in [-0.2, -0.15) is 10.1 Å². The third-order valence-corrected chi connectivity index (χ3v) is 2.71. The molecule has 2 rings (SSSR count). The number of amides is 1. The average molecular weight is 231 g/mol. The van der Waals surface area contributed by atoms with Crippen LogP contribution >= 0.6 is 0 Å². The Labute approximate surface area is 99.0 Å². The van der Waals surface area contributed by atoms with Gasteiger partial charge in [-0.15, -0.1) is 0 Å². The van der Waals surface area contributed by atoms with Gasteiger partial charge >= 0.3 is 0 Å². The van der Waals surface area contributed by atoms with Gasteiger partial charge in [-0.1, -0.05) is 23.4 Å². The van der Waals surface area contributed by atoms with E-state index in [0.717, 1.165) is 0 Å². The number of oxime groups is 1. The quantitative estimate of drug-likeness (QED) is 0.479. The summed E-state index contributed by atoms with van der Waals surface area (Å²) in [6.45, 7) is 3.36. The molecule has 0 saturated carbocycles. The Hall–Kier alpha value is -2.17. The lowest BCUT2D eigenvalue weighted by Gasteiger charge is -2.13. The molecule has 0 radical (unpaired) electrons. The number of nitrogens with zero attached hydrogens (tertiary/aromatic N) is 3. The van der Waals surface area contributed by atoms with Gasteiger partial charge in [-0.3, -0.25) is 4.79 Å². The van der Waals surface area contributed by atoms with Gasteiger partial charge in [0.15, 0.2) is 0 Å². The lowest BCUT2D eigenvalue weighted by molar-refractivity contribution is -0.118. The Kier molecular flexibility index (Phi) is 2.91. The molecular formula is C12H13N3O2. The van der Waals surface area contributed by atoms with Crippen LogP contribution in [-0.4, -0.2) is 22.5 Å². The minimum atomic E-state index is -0.555. The summed E-state index contributed by atoms with van der Waals surface area (Å²) >= 11 is 0. The molecule has 0 unspecified atom stereocenters. The zero-order valence-corrected chi connectivity index (χ0v) is 9.66. The molecule has 0 aromatic heterocycles. The Balaban J connectivity index is 2.34. The van der Waals surface area contributed by atoms with E-state index in [2.05, 4.69) is 10.3 Å². The van der Waals surface area contributed by atoms with Crippen molar-refractivity contribution in [1.82, 2.24) is 0 Å². The van der Waals surface area contributed by atoms with Gasteiger partial charge in [0.05, 0.1) is 17.1 Å². The molecule has 1 aliphatic rings. The lowest BCUT2D eigenvalue weighted by Crippen LogP contribution is -2.31. The maximum atomic E-state index is 12.1. The Morgan fingerprint density at radius 3 is 2.65 bits per heavy atom. The van der Waals surface area contributed by atoms with Crippen molar-refractivity contribution in [1.29, 1.82) is 0 Å². The second-order valence-corrected chi connectivity index (χ2v) is 3.90. The molecule has 0 saturated heterocycles. The first-order valence-electron chi connectivity index (χ1n) is 5.28. The molecule has 1 heterocycles. The molecule has 1 aromatic rings. The number of hydrogen-bond acceptors (Lipinski definition) is 4. The maximum absolute atomic E-state index is 12.1. The molecule has 1 amide bonds. The van der Waals surface area contributed by atoms with E-state index in [-0.39, 0.29) is 5.91 Å². The van der Waals surface area contributed by atoms with Gasteiger partial charge in [0, 0.05) is 0 Å². The van der Waals surface area contributed by atoms with Crippen molar-refractivity contribution in [2.75, 3.05) is 5.01 Å². The highest BCUT2D eigenvalue weighted by Crippen LogP contribution is 2.24. The Morgan fingerprint density at radius 2 is 2.06 bits per heavy atom. The number of benzene rings is 1. The Bertz CT molecular complexity index is 494. The molecule has 1 atom stereocenters. The molecule has 0 bridgehead atoms. The summed E-state index contributed by atoms with van der Waals surface area (Å²) in [6.07, 6.45) is 0. The average Bonchev–Trinajstić information content (AvgIpc) is 2.65. The standard InChI is InChI=1S/C12H13N3O2/c1-8-11(9(2)14-17)12(16)15(13-8)10-6-4-3-5-7-10/h3-7,11,17H,1-2H3/b14-9-/t11-/m1/s1. The van der Waals surface area contributed by atoms with Crippen LogP contribution in [0.15, 0.2) is 40.6 Å². The zero-order valence-electron chi connectivity index (χ0n) is 9.66. The fraction of sp³-hybridized carbons (Fsp3) is 0.250. The third kappa shape index (κ3) is 1.91. The molecule has 0 spiro atoms. The van der Waals surface area contributed by atoms with Crippen molar-refractivity contribution in [3.8, 4) is 0 Å². The van der Waals surface area contributed by atoms with E-state index in [1.54, 1.807) is 13.8 Å². The van der Waals surface area contributed by atoms with E-state index in [0.29, 0.717) is 17.1 Å². The number of para-hydroxylation sites is 1. The fourth-order valence-electron chi connectivity index (χ4n) is 1.86. The molecule has 5 heteroatoms. The molecule has 0 fully saturated rings. The van der Waals surface area contributed by atoms with Gasteiger partial charge < -0.3 is 5.21 Å². The fourth-order valence-corrected chi connectivity index (χ4v) is 1.86. The van der Waals surface area contributed by atoms with E-state index >= 15 is 0 Å². The van der Waals surface area contributed by atoms with Crippen LogP contribution in [0.3, 0.4) is 0 Å². The third-order valence-electron chi connectivity index (χ3n) is 2.71. The van der Waals surface area contributed by atoms with E-state index in [4.69, 9.17) is 5.21 Å². The number of hydrazone groups is 1. The lowest BCUT2D eigenvalue weighted by atomic mass is 10.00. The van der Waals surface area contributed by atoms with Crippen molar-refractivity contribution in [2.45, 2.75) is 13.8 Å². The predicted octanol–water partition coefficient (Wildman–Crippen LogP) is 1.88. The molecule has 0 aliphatic carbocycles. The summed E-state index contributed by atoms with van der Waals surface area (Å²) in [5.74, 6) is -0.746. The molecule has 5 nitrogen and oxygen atoms in total. The van der Waals surface area contributed by atoms with Crippen molar-refractivity contribution in [2.24, 2.45) is 16.2 Å². The van der Waals surface area contributed by atoms with Gasteiger partial charge in [-0.25, -0.2) is 0 Å². The van der Waals surface area contributed by atoms with Gasteiger partial charge in [0.1, 0.15) is 5.92 Å². The Morgan fingerprint density at radius 1 is 1.41 bits per heavy atom. The van der Waals surface area contributed by atoms with Crippen molar-refractivity contribution in [3.63, 3.8) is 0 Å². The minimum absolute atomic E-state index is 0.191. The number of anilines is 1. The van der Waals surface area contributed by atoms with Crippen LogP contribution in [0.5, 0.6) is 0 Å². The van der Waals surface area contributed by atoms with E-state index in [1.165, 1.54) is 5.01 Å².